The zero-order valence-electron chi connectivity index (χ0n) is 10.5. The number of hydrogen-bond donors (Lipinski definition) is 3. The molecule has 2 fully saturated rings. The van der Waals surface area contributed by atoms with Crippen molar-refractivity contribution in [2.75, 3.05) is 5.75 Å². The Labute approximate surface area is 115 Å². The summed E-state index contributed by atoms with van der Waals surface area (Å²) in [6.07, 6.45) is -0.0763. The Kier molecular flexibility index (Phi) is 3.47. The highest BCUT2D eigenvalue weighted by Gasteiger charge is 2.42. The smallest absolute Gasteiger partial charge is 0.231 e. The van der Waals surface area contributed by atoms with Crippen molar-refractivity contribution in [1.82, 2.24) is 16.2 Å². The van der Waals surface area contributed by atoms with Crippen LogP contribution in [0.2, 0.25) is 0 Å². The summed E-state index contributed by atoms with van der Waals surface area (Å²) in [5.41, 5.74) is 7.35. The maximum atomic E-state index is 13.0. The molecule has 0 saturated carbocycles. The van der Waals surface area contributed by atoms with Gasteiger partial charge in [0.1, 0.15) is 5.82 Å². The number of nitrogens with one attached hydrogen (secondary N) is 3. The van der Waals surface area contributed by atoms with Gasteiger partial charge in [-0.25, -0.2) is 9.82 Å². The van der Waals surface area contributed by atoms with Gasteiger partial charge in [0.2, 0.25) is 5.91 Å². The van der Waals surface area contributed by atoms with Gasteiger partial charge in [-0.15, -0.1) is 11.8 Å². The van der Waals surface area contributed by atoms with Gasteiger partial charge >= 0.3 is 0 Å². The van der Waals surface area contributed by atoms with Gasteiger partial charge in [0.15, 0.2) is 0 Å². The molecule has 4 unspecified atom stereocenters. The fraction of sp³-hybridized carbons (Fsp3) is 0.462. The van der Waals surface area contributed by atoms with Crippen LogP contribution in [0.25, 0.3) is 0 Å². The molecule has 0 spiro atoms. The number of hydrogen-bond acceptors (Lipinski definition) is 4. The van der Waals surface area contributed by atoms with Crippen molar-refractivity contribution in [3.63, 3.8) is 0 Å². The van der Waals surface area contributed by atoms with Gasteiger partial charge in [-0.1, -0.05) is 12.1 Å². The molecular weight excluding hydrogens is 265 g/mol. The predicted molar refractivity (Wildman–Crippen MR) is 72.8 cm³/mol. The third kappa shape index (κ3) is 2.48. The molecule has 6 heteroatoms. The van der Waals surface area contributed by atoms with Gasteiger partial charge < -0.3 is 5.32 Å². The topological polar surface area (TPSA) is 53.2 Å². The van der Waals surface area contributed by atoms with Crippen LogP contribution in [0.1, 0.15) is 17.7 Å². The van der Waals surface area contributed by atoms with E-state index in [1.54, 1.807) is 11.8 Å². The normalized spacial score (nSPS) is 34.5. The maximum Gasteiger partial charge on any atom is 0.231 e. The minimum Gasteiger partial charge on any atom is -0.338 e. The Morgan fingerprint density at radius 2 is 2.00 bits per heavy atom. The molecule has 0 aromatic heterocycles. The van der Waals surface area contributed by atoms with E-state index in [2.05, 4.69) is 23.1 Å². The minimum atomic E-state index is -0.233. The molecule has 1 aromatic rings. The number of fused-ring (bicyclic) bond motifs is 1. The summed E-state index contributed by atoms with van der Waals surface area (Å²) in [4.78, 5) is 11.7. The Bertz CT molecular complexity index is 481. The number of carbonyl (C=O) groups is 1. The van der Waals surface area contributed by atoms with Gasteiger partial charge in [0, 0.05) is 17.2 Å². The van der Waals surface area contributed by atoms with Gasteiger partial charge in [0.05, 0.1) is 11.9 Å². The summed E-state index contributed by atoms with van der Waals surface area (Å²) in [5.74, 6) is 0.474. The van der Waals surface area contributed by atoms with Crippen LogP contribution in [0.15, 0.2) is 24.3 Å². The Balaban J connectivity index is 1.93. The lowest BCUT2D eigenvalue weighted by atomic mass is 9.91. The zero-order valence-corrected chi connectivity index (χ0v) is 11.3. The van der Waals surface area contributed by atoms with Crippen LogP contribution in [0.5, 0.6) is 0 Å². The lowest BCUT2D eigenvalue weighted by Gasteiger charge is -2.27. The number of benzene rings is 1. The number of halogens is 1. The summed E-state index contributed by atoms with van der Waals surface area (Å²) in [5, 5.41) is 3.14. The van der Waals surface area contributed by atoms with E-state index in [-0.39, 0.29) is 35.1 Å². The average Bonchev–Trinajstić information content (AvgIpc) is 2.65. The monoisotopic (exact) mass is 281 g/mol. The molecule has 4 nitrogen and oxygen atoms in total. The highest BCUT2D eigenvalue weighted by molar-refractivity contribution is 8.00. The SMILES string of the molecule is CC1NNC2NC(=O)CSC(c3ccc(F)cc3)C12. The second-order valence-electron chi connectivity index (χ2n) is 4.98. The first kappa shape index (κ1) is 12.9. The molecule has 2 aliphatic rings. The summed E-state index contributed by atoms with van der Waals surface area (Å²) in [6.45, 7) is 2.09. The van der Waals surface area contributed by atoms with Crippen LogP contribution < -0.4 is 16.2 Å². The quantitative estimate of drug-likeness (QED) is 0.723. The van der Waals surface area contributed by atoms with Crippen molar-refractivity contribution < 1.29 is 9.18 Å². The van der Waals surface area contributed by atoms with Crippen LogP contribution in [0, 0.1) is 11.7 Å². The third-order valence-corrected chi connectivity index (χ3v) is 5.06. The Morgan fingerprint density at radius 3 is 2.74 bits per heavy atom. The fourth-order valence-electron chi connectivity index (χ4n) is 2.73. The van der Waals surface area contributed by atoms with Crippen LogP contribution in [-0.4, -0.2) is 23.9 Å². The lowest BCUT2D eigenvalue weighted by molar-refractivity contribution is -0.119. The Hall–Kier alpha value is -1.11. The molecule has 3 N–H and O–H groups in total. The van der Waals surface area contributed by atoms with E-state index in [4.69, 9.17) is 0 Å². The van der Waals surface area contributed by atoms with E-state index in [1.165, 1.54) is 12.1 Å². The number of carbonyl (C=O) groups excluding carboxylic acids is 1. The maximum absolute atomic E-state index is 13.0. The molecule has 2 aliphatic heterocycles. The number of thioether (sulfide) groups is 1. The molecule has 4 atom stereocenters. The molecule has 2 saturated heterocycles. The van der Waals surface area contributed by atoms with Gasteiger partial charge in [0.25, 0.3) is 0 Å². The van der Waals surface area contributed by atoms with Gasteiger partial charge in [-0.2, -0.15) is 0 Å². The van der Waals surface area contributed by atoms with E-state index in [0.717, 1.165) is 5.56 Å². The largest absolute Gasteiger partial charge is 0.338 e. The average molecular weight is 281 g/mol. The minimum absolute atomic E-state index is 0.0352. The molecule has 19 heavy (non-hydrogen) atoms. The first-order chi connectivity index (χ1) is 9.15. The predicted octanol–water partition coefficient (Wildman–Crippen LogP) is 1.17. The van der Waals surface area contributed by atoms with Crippen molar-refractivity contribution in [3.05, 3.63) is 35.6 Å². The van der Waals surface area contributed by atoms with Crippen molar-refractivity contribution in [2.24, 2.45) is 5.92 Å². The number of rotatable bonds is 1. The molecule has 1 aromatic carbocycles. The van der Waals surface area contributed by atoms with E-state index < -0.39 is 0 Å². The Morgan fingerprint density at radius 1 is 1.26 bits per heavy atom. The van der Waals surface area contributed by atoms with Crippen LogP contribution in [0.3, 0.4) is 0 Å². The molecule has 0 radical (unpaired) electrons. The lowest BCUT2D eigenvalue weighted by Crippen LogP contribution is -2.46. The first-order valence-corrected chi connectivity index (χ1v) is 7.37. The van der Waals surface area contributed by atoms with Crippen molar-refractivity contribution >= 4 is 17.7 Å². The van der Waals surface area contributed by atoms with Crippen molar-refractivity contribution in [2.45, 2.75) is 24.4 Å². The molecule has 0 aliphatic carbocycles. The molecule has 102 valence electrons. The summed E-state index contributed by atoms with van der Waals surface area (Å²) >= 11 is 1.62. The molecule has 1 amide bonds. The summed E-state index contributed by atoms with van der Waals surface area (Å²) in [7, 11) is 0. The molecule has 0 bridgehead atoms. The van der Waals surface area contributed by atoms with Gasteiger partial charge in [-0.3, -0.25) is 10.2 Å². The first-order valence-electron chi connectivity index (χ1n) is 6.32. The zero-order chi connectivity index (χ0) is 13.4. The third-order valence-electron chi connectivity index (χ3n) is 3.69. The summed E-state index contributed by atoms with van der Waals surface area (Å²) < 4.78 is 13.0. The fourth-order valence-corrected chi connectivity index (χ4v) is 4.11. The molecular formula is C13H16FN3OS. The van der Waals surface area contributed by atoms with E-state index in [9.17, 15) is 9.18 Å². The van der Waals surface area contributed by atoms with Crippen molar-refractivity contribution in [1.29, 1.82) is 0 Å². The van der Waals surface area contributed by atoms with E-state index in [0.29, 0.717) is 5.75 Å². The van der Waals surface area contributed by atoms with Crippen LogP contribution in [-0.2, 0) is 4.79 Å². The summed E-state index contributed by atoms with van der Waals surface area (Å²) in [6, 6.07) is 6.82. The second kappa shape index (κ2) is 5.11. The van der Waals surface area contributed by atoms with Crippen LogP contribution >= 0.6 is 11.8 Å². The van der Waals surface area contributed by atoms with Crippen molar-refractivity contribution in [3.8, 4) is 0 Å². The standard InChI is InChI=1S/C13H16FN3OS/c1-7-11-12(8-2-4-9(14)5-3-8)19-6-10(18)15-13(11)17-16-7/h2-5,7,11-13,16-17H,6H2,1H3,(H,15,18). The van der Waals surface area contributed by atoms with E-state index >= 15 is 0 Å². The van der Waals surface area contributed by atoms with Crippen LogP contribution in [0.4, 0.5) is 4.39 Å². The highest BCUT2D eigenvalue weighted by Crippen LogP contribution is 2.41. The van der Waals surface area contributed by atoms with Gasteiger partial charge in [-0.05, 0) is 24.6 Å². The number of amides is 1. The molecule has 2 heterocycles. The highest BCUT2D eigenvalue weighted by atomic mass is 32.2. The number of hydrazine groups is 1. The molecule has 3 rings (SSSR count). The van der Waals surface area contributed by atoms with E-state index in [1.807, 2.05) is 12.1 Å². The second-order valence-corrected chi connectivity index (χ2v) is 6.11.